The second-order valence-corrected chi connectivity index (χ2v) is 4.33. The Bertz CT molecular complexity index is 383. The van der Waals surface area contributed by atoms with E-state index in [1.165, 1.54) is 0 Å². The third kappa shape index (κ3) is 2.66. The first kappa shape index (κ1) is 12.1. The highest BCUT2D eigenvalue weighted by molar-refractivity contribution is 5.58. The van der Waals surface area contributed by atoms with Gasteiger partial charge in [-0.3, -0.25) is 0 Å². The van der Waals surface area contributed by atoms with E-state index < -0.39 is 0 Å². The number of morpholine rings is 1. The van der Waals surface area contributed by atoms with Gasteiger partial charge in [0.2, 0.25) is 0 Å². The molecule has 5 heteroatoms. The molecule has 1 N–H and O–H groups in total. The predicted octanol–water partition coefficient (Wildman–Crippen LogP) is 1.44. The summed E-state index contributed by atoms with van der Waals surface area (Å²) in [6.45, 7) is 9.65. The first-order valence-electron chi connectivity index (χ1n) is 6.14. The van der Waals surface area contributed by atoms with E-state index in [9.17, 15) is 0 Å². The maximum Gasteiger partial charge on any atom is 0.137 e. The van der Waals surface area contributed by atoms with Crippen LogP contribution < -0.4 is 10.2 Å². The van der Waals surface area contributed by atoms with Crippen molar-refractivity contribution in [3.05, 3.63) is 11.9 Å². The molecule has 0 aromatic carbocycles. The monoisotopic (exact) mass is 236 g/mol. The van der Waals surface area contributed by atoms with Gasteiger partial charge >= 0.3 is 0 Å². The number of anilines is 2. The van der Waals surface area contributed by atoms with Crippen molar-refractivity contribution in [3.63, 3.8) is 0 Å². The molecule has 1 saturated heterocycles. The van der Waals surface area contributed by atoms with Gasteiger partial charge in [-0.25, -0.2) is 9.97 Å². The molecule has 0 aliphatic carbocycles. The molecule has 1 aromatic rings. The van der Waals surface area contributed by atoms with Crippen molar-refractivity contribution in [1.29, 1.82) is 0 Å². The summed E-state index contributed by atoms with van der Waals surface area (Å²) in [5, 5.41) is 3.26. The van der Waals surface area contributed by atoms with E-state index in [0.717, 1.165) is 43.4 Å². The van der Waals surface area contributed by atoms with Gasteiger partial charge in [0, 0.05) is 25.2 Å². The zero-order valence-corrected chi connectivity index (χ0v) is 10.7. The van der Waals surface area contributed by atoms with E-state index in [0.29, 0.717) is 0 Å². The topological polar surface area (TPSA) is 50.3 Å². The first-order valence-corrected chi connectivity index (χ1v) is 6.14. The zero-order chi connectivity index (χ0) is 12.3. The molecule has 1 aliphatic heterocycles. The number of aromatic nitrogens is 2. The molecule has 2 rings (SSSR count). The van der Waals surface area contributed by atoms with Crippen molar-refractivity contribution >= 4 is 11.6 Å². The number of hydrogen-bond donors (Lipinski definition) is 1. The highest BCUT2D eigenvalue weighted by Crippen LogP contribution is 2.23. The van der Waals surface area contributed by atoms with Gasteiger partial charge in [0.15, 0.2) is 0 Å². The Morgan fingerprint density at radius 2 is 2.35 bits per heavy atom. The number of rotatable bonds is 3. The molecule has 1 fully saturated rings. The van der Waals surface area contributed by atoms with Crippen LogP contribution in [0.3, 0.4) is 0 Å². The van der Waals surface area contributed by atoms with Crippen LogP contribution >= 0.6 is 0 Å². The average Bonchev–Trinajstić information content (AvgIpc) is 2.32. The van der Waals surface area contributed by atoms with Gasteiger partial charge < -0.3 is 15.0 Å². The van der Waals surface area contributed by atoms with Gasteiger partial charge in [0.05, 0.1) is 12.7 Å². The molecule has 17 heavy (non-hydrogen) atoms. The Morgan fingerprint density at radius 1 is 1.53 bits per heavy atom. The van der Waals surface area contributed by atoms with Gasteiger partial charge in [-0.05, 0) is 20.8 Å². The van der Waals surface area contributed by atoms with Crippen LogP contribution in [-0.2, 0) is 4.74 Å². The minimum absolute atomic E-state index is 0.265. The van der Waals surface area contributed by atoms with Crippen LogP contribution in [0.4, 0.5) is 11.6 Å². The second kappa shape index (κ2) is 5.31. The largest absolute Gasteiger partial charge is 0.375 e. The molecule has 0 bridgehead atoms. The number of nitrogens with zero attached hydrogens (tertiary/aromatic N) is 3. The van der Waals surface area contributed by atoms with E-state index in [4.69, 9.17) is 4.74 Å². The lowest BCUT2D eigenvalue weighted by atomic mass is 10.2. The molecule has 0 saturated carbocycles. The van der Waals surface area contributed by atoms with Gasteiger partial charge in [-0.2, -0.15) is 0 Å². The average molecular weight is 236 g/mol. The van der Waals surface area contributed by atoms with Crippen molar-refractivity contribution in [2.45, 2.75) is 26.9 Å². The smallest absolute Gasteiger partial charge is 0.137 e. The van der Waals surface area contributed by atoms with E-state index in [-0.39, 0.29) is 6.10 Å². The second-order valence-electron chi connectivity index (χ2n) is 4.33. The highest BCUT2D eigenvalue weighted by Gasteiger charge is 2.20. The lowest BCUT2D eigenvalue weighted by Crippen LogP contribution is -2.42. The van der Waals surface area contributed by atoms with Crippen molar-refractivity contribution in [1.82, 2.24) is 9.97 Å². The SMILES string of the molecule is CCNc1ncnc(N2CCOC(C)C2)c1C. The Kier molecular flexibility index (Phi) is 3.78. The molecule has 5 nitrogen and oxygen atoms in total. The summed E-state index contributed by atoms with van der Waals surface area (Å²) in [5.41, 5.74) is 1.11. The zero-order valence-electron chi connectivity index (χ0n) is 10.7. The number of nitrogens with one attached hydrogen (secondary N) is 1. The van der Waals surface area contributed by atoms with Crippen LogP contribution in [0.25, 0.3) is 0 Å². The third-order valence-corrected chi connectivity index (χ3v) is 2.94. The molecule has 0 radical (unpaired) electrons. The summed E-state index contributed by atoms with van der Waals surface area (Å²) in [6, 6.07) is 0. The quantitative estimate of drug-likeness (QED) is 0.860. The Labute approximate surface area is 102 Å². The van der Waals surface area contributed by atoms with Crippen LogP contribution in [0.2, 0.25) is 0 Å². The summed E-state index contributed by atoms with van der Waals surface area (Å²) in [6.07, 6.45) is 1.89. The maximum atomic E-state index is 5.55. The molecule has 1 atom stereocenters. The van der Waals surface area contributed by atoms with Crippen LogP contribution in [0, 0.1) is 6.92 Å². The molecule has 94 valence electrons. The molecule has 1 aliphatic rings. The maximum absolute atomic E-state index is 5.55. The summed E-state index contributed by atoms with van der Waals surface area (Å²) in [4.78, 5) is 10.9. The number of hydrogen-bond acceptors (Lipinski definition) is 5. The summed E-state index contributed by atoms with van der Waals surface area (Å²) in [5.74, 6) is 1.95. The standard InChI is InChI=1S/C12H20N4O/c1-4-13-11-10(3)12(15-8-14-11)16-5-6-17-9(2)7-16/h8-9H,4-7H2,1-3H3,(H,13,14,15). The van der Waals surface area contributed by atoms with Crippen molar-refractivity contribution in [2.24, 2.45) is 0 Å². The molecule has 1 unspecified atom stereocenters. The molecule has 2 heterocycles. The van der Waals surface area contributed by atoms with Crippen LogP contribution in [0.1, 0.15) is 19.4 Å². The molecular weight excluding hydrogens is 216 g/mol. The lowest BCUT2D eigenvalue weighted by Gasteiger charge is -2.33. The fraction of sp³-hybridized carbons (Fsp3) is 0.667. The predicted molar refractivity (Wildman–Crippen MR) is 68.6 cm³/mol. The van der Waals surface area contributed by atoms with Gasteiger partial charge in [-0.15, -0.1) is 0 Å². The lowest BCUT2D eigenvalue weighted by molar-refractivity contribution is 0.0529. The first-order chi connectivity index (χ1) is 8.22. The fourth-order valence-electron chi connectivity index (χ4n) is 2.12. The molecule has 0 amide bonds. The normalized spacial score (nSPS) is 20.4. The Balaban J connectivity index is 2.22. The Hall–Kier alpha value is -1.36. The third-order valence-electron chi connectivity index (χ3n) is 2.94. The molecule has 1 aromatic heterocycles. The summed E-state index contributed by atoms with van der Waals surface area (Å²) < 4.78 is 5.55. The number of ether oxygens (including phenoxy) is 1. The van der Waals surface area contributed by atoms with Gasteiger partial charge in [0.1, 0.15) is 18.0 Å². The van der Waals surface area contributed by atoms with Gasteiger partial charge in [0.25, 0.3) is 0 Å². The van der Waals surface area contributed by atoms with Crippen LogP contribution in [-0.4, -0.2) is 42.3 Å². The van der Waals surface area contributed by atoms with Crippen molar-refractivity contribution in [3.8, 4) is 0 Å². The Morgan fingerprint density at radius 3 is 3.06 bits per heavy atom. The highest BCUT2D eigenvalue weighted by atomic mass is 16.5. The van der Waals surface area contributed by atoms with Gasteiger partial charge in [-0.1, -0.05) is 0 Å². The van der Waals surface area contributed by atoms with E-state index in [2.05, 4.69) is 41.0 Å². The van der Waals surface area contributed by atoms with Crippen LogP contribution in [0.15, 0.2) is 6.33 Å². The minimum atomic E-state index is 0.265. The molecular formula is C12H20N4O. The van der Waals surface area contributed by atoms with E-state index in [1.807, 2.05) is 0 Å². The van der Waals surface area contributed by atoms with Crippen molar-refractivity contribution < 1.29 is 4.74 Å². The summed E-state index contributed by atoms with van der Waals surface area (Å²) >= 11 is 0. The van der Waals surface area contributed by atoms with E-state index in [1.54, 1.807) is 6.33 Å². The van der Waals surface area contributed by atoms with Crippen LogP contribution in [0.5, 0.6) is 0 Å². The molecule has 0 spiro atoms. The summed E-state index contributed by atoms with van der Waals surface area (Å²) in [7, 11) is 0. The van der Waals surface area contributed by atoms with E-state index >= 15 is 0 Å². The van der Waals surface area contributed by atoms with Crippen molar-refractivity contribution in [2.75, 3.05) is 36.5 Å². The minimum Gasteiger partial charge on any atom is -0.375 e. The fourth-order valence-corrected chi connectivity index (χ4v) is 2.12.